The van der Waals surface area contributed by atoms with E-state index in [4.69, 9.17) is 9.47 Å². The van der Waals surface area contributed by atoms with Crippen molar-refractivity contribution in [1.29, 1.82) is 5.26 Å². The zero-order valence-electron chi connectivity index (χ0n) is 15.1. The molecule has 1 aromatic heterocycles. The van der Waals surface area contributed by atoms with E-state index in [-0.39, 0.29) is 6.04 Å². The summed E-state index contributed by atoms with van der Waals surface area (Å²) in [6.07, 6.45) is 2.84. The molecule has 0 bridgehead atoms. The molecule has 0 spiro atoms. The summed E-state index contributed by atoms with van der Waals surface area (Å²) in [4.78, 5) is 9.02. The van der Waals surface area contributed by atoms with Crippen LogP contribution in [-0.2, 0) is 0 Å². The average molecular weight is 358 g/mol. The molecule has 0 aliphatic rings. The summed E-state index contributed by atoms with van der Waals surface area (Å²) < 4.78 is 10.6. The number of benzene rings is 1. The lowest BCUT2D eigenvalue weighted by atomic mass is 10.1. The molecular weight excluding hydrogens is 336 g/mol. The molecule has 0 aliphatic heterocycles. The van der Waals surface area contributed by atoms with Gasteiger partial charge in [0.05, 0.1) is 19.9 Å². The molecule has 0 radical (unpaired) electrons. The molecule has 1 unspecified atom stereocenters. The molecule has 0 fully saturated rings. The second kappa shape index (κ2) is 8.58. The standard InChI is InChI=1S/C18H22N4O2S/c1-6-11(2)20-17-13(10-19)16(21-18(22-17)25-5)12-7-8-14(23-3)15(9-12)24-4/h7-9,11H,6H2,1-5H3,(H,20,21,22). The minimum absolute atomic E-state index is 0.204. The van der Waals surface area contributed by atoms with E-state index in [2.05, 4.69) is 35.2 Å². The van der Waals surface area contributed by atoms with Crippen LogP contribution in [0.15, 0.2) is 23.4 Å². The first kappa shape index (κ1) is 18.9. The molecular formula is C18H22N4O2S. The van der Waals surface area contributed by atoms with Crippen LogP contribution in [0.2, 0.25) is 0 Å². The number of methoxy groups -OCH3 is 2. The lowest BCUT2D eigenvalue weighted by Crippen LogP contribution is -2.16. The van der Waals surface area contributed by atoms with E-state index in [1.807, 2.05) is 18.4 Å². The highest BCUT2D eigenvalue weighted by Crippen LogP contribution is 2.35. The van der Waals surface area contributed by atoms with Crippen LogP contribution in [0.3, 0.4) is 0 Å². The van der Waals surface area contributed by atoms with E-state index in [9.17, 15) is 5.26 Å². The average Bonchev–Trinajstić information content (AvgIpc) is 2.66. The molecule has 132 valence electrons. The van der Waals surface area contributed by atoms with E-state index in [0.717, 1.165) is 12.0 Å². The molecule has 0 amide bonds. The first-order valence-electron chi connectivity index (χ1n) is 7.92. The number of ether oxygens (including phenoxy) is 2. The van der Waals surface area contributed by atoms with Gasteiger partial charge in [0.2, 0.25) is 0 Å². The maximum atomic E-state index is 9.70. The van der Waals surface area contributed by atoms with Gasteiger partial charge in [0.25, 0.3) is 0 Å². The number of hydrogen-bond acceptors (Lipinski definition) is 7. The van der Waals surface area contributed by atoms with Crippen molar-refractivity contribution in [3.63, 3.8) is 0 Å². The van der Waals surface area contributed by atoms with Gasteiger partial charge in [0, 0.05) is 11.6 Å². The van der Waals surface area contributed by atoms with E-state index in [0.29, 0.717) is 33.7 Å². The number of hydrogen-bond donors (Lipinski definition) is 1. The highest BCUT2D eigenvalue weighted by molar-refractivity contribution is 7.98. The molecule has 6 nitrogen and oxygen atoms in total. The van der Waals surface area contributed by atoms with Crippen molar-refractivity contribution in [2.45, 2.75) is 31.5 Å². The molecule has 1 N–H and O–H groups in total. The summed E-state index contributed by atoms with van der Waals surface area (Å²) in [5.41, 5.74) is 1.78. The lowest BCUT2D eigenvalue weighted by Gasteiger charge is -2.16. The Kier molecular flexibility index (Phi) is 6.48. The van der Waals surface area contributed by atoms with Crippen LogP contribution in [0, 0.1) is 11.3 Å². The van der Waals surface area contributed by atoms with E-state index >= 15 is 0 Å². The summed E-state index contributed by atoms with van der Waals surface area (Å²) in [6.45, 7) is 4.13. The van der Waals surface area contributed by atoms with Crippen molar-refractivity contribution in [2.24, 2.45) is 0 Å². The third-order valence-corrected chi connectivity index (χ3v) is 4.38. The highest BCUT2D eigenvalue weighted by atomic mass is 32.2. The van der Waals surface area contributed by atoms with Gasteiger partial charge < -0.3 is 14.8 Å². The predicted octanol–water partition coefficient (Wildman–Crippen LogP) is 3.96. The Hall–Kier alpha value is -2.46. The van der Waals surface area contributed by atoms with Crippen LogP contribution in [0.1, 0.15) is 25.8 Å². The highest BCUT2D eigenvalue weighted by Gasteiger charge is 2.18. The van der Waals surface area contributed by atoms with Gasteiger partial charge in [-0.15, -0.1) is 0 Å². The van der Waals surface area contributed by atoms with Crippen LogP contribution >= 0.6 is 11.8 Å². The van der Waals surface area contributed by atoms with Gasteiger partial charge in [0.1, 0.15) is 17.5 Å². The summed E-state index contributed by atoms with van der Waals surface area (Å²) >= 11 is 1.44. The second-order valence-corrected chi connectivity index (χ2v) is 6.19. The predicted molar refractivity (Wildman–Crippen MR) is 100 cm³/mol. The molecule has 1 heterocycles. The molecule has 2 aromatic rings. The Morgan fingerprint density at radius 3 is 2.52 bits per heavy atom. The lowest BCUT2D eigenvalue weighted by molar-refractivity contribution is 0.355. The molecule has 1 aromatic carbocycles. The summed E-state index contributed by atoms with van der Waals surface area (Å²) in [5, 5.41) is 13.6. The number of aromatic nitrogens is 2. The smallest absolute Gasteiger partial charge is 0.189 e. The third kappa shape index (κ3) is 4.15. The van der Waals surface area contributed by atoms with Gasteiger partial charge in [-0.3, -0.25) is 0 Å². The Bertz CT molecular complexity index is 789. The number of nitriles is 1. The van der Waals surface area contributed by atoms with E-state index in [1.54, 1.807) is 20.3 Å². The Balaban J connectivity index is 2.63. The monoisotopic (exact) mass is 358 g/mol. The largest absolute Gasteiger partial charge is 0.493 e. The molecule has 2 rings (SSSR count). The summed E-state index contributed by atoms with van der Waals surface area (Å²) in [6, 6.07) is 7.93. The van der Waals surface area contributed by atoms with Crippen molar-refractivity contribution < 1.29 is 9.47 Å². The molecule has 0 aliphatic carbocycles. The molecule has 0 saturated heterocycles. The van der Waals surface area contributed by atoms with Crippen LogP contribution in [0.4, 0.5) is 5.82 Å². The zero-order valence-corrected chi connectivity index (χ0v) is 15.9. The van der Waals surface area contributed by atoms with Crippen LogP contribution in [-0.4, -0.2) is 36.5 Å². The van der Waals surface area contributed by atoms with Gasteiger partial charge in [-0.25, -0.2) is 9.97 Å². The maximum absolute atomic E-state index is 9.70. The molecule has 7 heteroatoms. The van der Waals surface area contributed by atoms with E-state index in [1.165, 1.54) is 11.8 Å². The first-order chi connectivity index (χ1) is 12.1. The topological polar surface area (TPSA) is 80.1 Å². The van der Waals surface area contributed by atoms with Crippen LogP contribution < -0.4 is 14.8 Å². The second-order valence-electron chi connectivity index (χ2n) is 5.42. The quantitative estimate of drug-likeness (QED) is 0.592. The normalized spacial score (nSPS) is 11.5. The van der Waals surface area contributed by atoms with Crippen LogP contribution in [0.5, 0.6) is 11.5 Å². The van der Waals surface area contributed by atoms with Gasteiger partial charge >= 0.3 is 0 Å². The van der Waals surface area contributed by atoms with Crippen molar-refractivity contribution >= 4 is 17.6 Å². The van der Waals surface area contributed by atoms with Gasteiger partial charge in [-0.1, -0.05) is 18.7 Å². The summed E-state index contributed by atoms with van der Waals surface area (Å²) in [7, 11) is 3.17. The molecule has 0 saturated carbocycles. The Labute approximate surface area is 152 Å². The number of rotatable bonds is 7. The minimum atomic E-state index is 0.204. The fourth-order valence-corrected chi connectivity index (χ4v) is 2.63. The first-order valence-corrected chi connectivity index (χ1v) is 9.15. The van der Waals surface area contributed by atoms with Gasteiger partial charge in [-0.05, 0) is 37.8 Å². The fraction of sp³-hybridized carbons (Fsp3) is 0.389. The number of nitrogens with zero attached hydrogens (tertiary/aromatic N) is 3. The van der Waals surface area contributed by atoms with Crippen molar-refractivity contribution in [3.05, 3.63) is 23.8 Å². The SMILES string of the molecule is CCC(C)Nc1nc(SC)nc(-c2ccc(OC)c(OC)c2)c1C#N. The maximum Gasteiger partial charge on any atom is 0.189 e. The van der Waals surface area contributed by atoms with Gasteiger partial charge in [-0.2, -0.15) is 5.26 Å². The Morgan fingerprint density at radius 1 is 1.24 bits per heavy atom. The van der Waals surface area contributed by atoms with E-state index < -0.39 is 0 Å². The van der Waals surface area contributed by atoms with Crippen molar-refractivity contribution in [1.82, 2.24) is 9.97 Å². The molecule has 1 atom stereocenters. The van der Waals surface area contributed by atoms with Crippen LogP contribution in [0.25, 0.3) is 11.3 Å². The number of thioether (sulfide) groups is 1. The minimum Gasteiger partial charge on any atom is -0.493 e. The third-order valence-electron chi connectivity index (χ3n) is 3.84. The zero-order chi connectivity index (χ0) is 18.4. The van der Waals surface area contributed by atoms with Gasteiger partial charge in [0.15, 0.2) is 16.7 Å². The molecule has 25 heavy (non-hydrogen) atoms. The summed E-state index contributed by atoms with van der Waals surface area (Å²) in [5.74, 6) is 1.77. The number of anilines is 1. The fourth-order valence-electron chi connectivity index (χ4n) is 2.27. The Morgan fingerprint density at radius 2 is 1.96 bits per heavy atom. The van der Waals surface area contributed by atoms with Crippen molar-refractivity contribution in [3.8, 4) is 28.8 Å². The van der Waals surface area contributed by atoms with Crippen molar-refractivity contribution in [2.75, 3.05) is 25.8 Å². The number of nitrogens with one attached hydrogen (secondary N) is 1.